The van der Waals surface area contributed by atoms with E-state index < -0.39 is 0 Å². The van der Waals surface area contributed by atoms with Crippen molar-refractivity contribution >= 4 is 44.2 Å². The summed E-state index contributed by atoms with van der Waals surface area (Å²) < 4.78 is 1.02. The highest BCUT2D eigenvalue weighted by Crippen LogP contribution is 2.31. The Labute approximate surface area is 144 Å². The SMILES string of the molecule is CCc1ccc(CC(=O)Nc2nc3c(C)c(Cl)ccc3s2)cc1. The Morgan fingerprint density at radius 3 is 2.57 bits per heavy atom. The number of nitrogens with zero attached hydrogens (tertiary/aromatic N) is 1. The zero-order chi connectivity index (χ0) is 16.4. The van der Waals surface area contributed by atoms with Gasteiger partial charge in [0.25, 0.3) is 0 Å². The van der Waals surface area contributed by atoms with E-state index in [1.807, 2.05) is 31.2 Å². The van der Waals surface area contributed by atoms with Gasteiger partial charge in [-0.1, -0.05) is 54.1 Å². The average Bonchev–Trinajstić information content (AvgIpc) is 2.95. The first-order valence-corrected chi connectivity index (χ1v) is 8.69. The number of aryl methyl sites for hydroxylation is 2. The lowest BCUT2D eigenvalue weighted by Gasteiger charge is -2.03. The Kier molecular flexibility index (Phi) is 4.64. The van der Waals surface area contributed by atoms with Gasteiger partial charge >= 0.3 is 0 Å². The van der Waals surface area contributed by atoms with Crippen molar-refractivity contribution in [1.82, 2.24) is 4.98 Å². The van der Waals surface area contributed by atoms with Crippen LogP contribution in [0.1, 0.15) is 23.6 Å². The molecule has 118 valence electrons. The lowest BCUT2D eigenvalue weighted by molar-refractivity contribution is -0.115. The molecule has 1 N–H and O–H groups in total. The van der Waals surface area contributed by atoms with Crippen molar-refractivity contribution < 1.29 is 4.79 Å². The molecule has 1 amide bonds. The van der Waals surface area contributed by atoms with Crippen LogP contribution in [0.25, 0.3) is 10.2 Å². The minimum absolute atomic E-state index is 0.0583. The van der Waals surface area contributed by atoms with Crippen molar-refractivity contribution in [3.05, 3.63) is 58.1 Å². The first-order valence-electron chi connectivity index (χ1n) is 7.50. The molecule has 2 aromatic carbocycles. The smallest absolute Gasteiger partial charge is 0.230 e. The summed E-state index contributed by atoms with van der Waals surface area (Å²) in [5.41, 5.74) is 4.06. The average molecular weight is 345 g/mol. The molecule has 3 aromatic rings. The van der Waals surface area contributed by atoms with Crippen LogP contribution >= 0.6 is 22.9 Å². The molecular weight excluding hydrogens is 328 g/mol. The van der Waals surface area contributed by atoms with E-state index in [1.54, 1.807) is 0 Å². The summed E-state index contributed by atoms with van der Waals surface area (Å²) in [6.07, 6.45) is 1.35. The molecule has 0 saturated heterocycles. The van der Waals surface area contributed by atoms with Crippen LogP contribution in [-0.4, -0.2) is 10.9 Å². The topological polar surface area (TPSA) is 42.0 Å². The van der Waals surface area contributed by atoms with E-state index in [4.69, 9.17) is 11.6 Å². The molecule has 0 fully saturated rings. The largest absolute Gasteiger partial charge is 0.302 e. The van der Waals surface area contributed by atoms with E-state index >= 15 is 0 Å². The highest BCUT2D eigenvalue weighted by atomic mass is 35.5. The van der Waals surface area contributed by atoms with Gasteiger partial charge in [0.2, 0.25) is 5.91 Å². The molecule has 0 radical (unpaired) electrons. The number of nitrogens with one attached hydrogen (secondary N) is 1. The normalized spacial score (nSPS) is 10.9. The van der Waals surface area contributed by atoms with Crippen molar-refractivity contribution in [3.63, 3.8) is 0 Å². The monoisotopic (exact) mass is 344 g/mol. The summed E-state index contributed by atoms with van der Waals surface area (Å²) in [5.74, 6) is -0.0583. The molecule has 0 atom stereocenters. The van der Waals surface area contributed by atoms with Crippen LogP contribution in [0, 0.1) is 6.92 Å². The van der Waals surface area contributed by atoms with Gasteiger partial charge in [-0.25, -0.2) is 4.98 Å². The minimum Gasteiger partial charge on any atom is -0.302 e. The first-order chi connectivity index (χ1) is 11.1. The maximum absolute atomic E-state index is 12.2. The van der Waals surface area contributed by atoms with Crippen molar-refractivity contribution in [1.29, 1.82) is 0 Å². The lowest BCUT2D eigenvalue weighted by Crippen LogP contribution is -2.14. The number of hydrogen-bond acceptors (Lipinski definition) is 3. The number of carbonyl (C=O) groups excluding carboxylic acids is 1. The molecule has 0 spiro atoms. The summed E-state index contributed by atoms with van der Waals surface area (Å²) in [6, 6.07) is 11.9. The fourth-order valence-electron chi connectivity index (χ4n) is 2.40. The number of hydrogen-bond donors (Lipinski definition) is 1. The third-order valence-electron chi connectivity index (χ3n) is 3.79. The number of fused-ring (bicyclic) bond motifs is 1. The second-order valence-electron chi connectivity index (χ2n) is 5.43. The first kappa shape index (κ1) is 16.0. The summed E-state index contributed by atoms with van der Waals surface area (Å²) in [6.45, 7) is 4.05. The lowest BCUT2D eigenvalue weighted by atomic mass is 10.1. The van der Waals surface area contributed by atoms with Crippen molar-refractivity contribution in [2.75, 3.05) is 5.32 Å². The molecule has 3 nitrogen and oxygen atoms in total. The van der Waals surface area contributed by atoms with Crippen LogP contribution in [-0.2, 0) is 17.6 Å². The van der Waals surface area contributed by atoms with E-state index in [-0.39, 0.29) is 5.91 Å². The number of anilines is 1. The van der Waals surface area contributed by atoms with Crippen LogP contribution < -0.4 is 5.32 Å². The maximum Gasteiger partial charge on any atom is 0.230 e. The van der Waals surface area contributed by atoms with Gasteiger partial charge in [0.1, 0.15) is 0 Å². The molecule has 23 heavy (non-hydrogen) atoms. The van der Waals surface area contributed by atoms with Crippen molar-refractivity contribution in [2.45, 2.75) is 26.7 Å². The number of halogens is 1. The van der Waals surface area contributed by atoms with Gasteiger partial charge in [-0.15, -0.1) is 0 Å². The number of carbonyl (C=O) groups is 1. The zero-order valence-electron chi connectivity index (χ0n) is 13.0. The Balaban J connectivity index is 1.73. The predicted molar refractivity (Wildman–Crippen MR) is 97.5 cm³/mol. The number of amides is 1. The number of benzene rings is 2. The van der Waals surface area contributed by atoms with E-state index in [1.165, 1.54) is 16.9 Å². The molecule has 0 aliphatic heterocycles. The van der Waals surface area contributed by atoms with Gasteiger partial charge in [0, 0.05) is 5.02 Å². The molecule has 0 bridgehead atoms. The molecule has 3 rings (SSSR count). The Morgan fingerprint density at radius 2 is 1.87 bits per heavy atom. The quantitative estimate of drug-likeness (QED) is 0.723. The fourth-order valence-corrected chi connectivity index (χ4v) is 3.49. The van der Waals surface area contributed by atoms with Gasteiger partial charge in [-0.3, -0.25) is 4.79 Å². The summed E-state index contributed by atoms with van der Waals surface area (Å²) in [4.78, 5) is 16.7. The highest BCUT2D eigenvalue weighted by molar-refractivity contribution is 7.22. The van der Waals surface area contributed by atoms with E-state index in [9.17, 15) is 4.79 Å². The van der Waals surface area contributed by atoms with Gasteiger partial charge in [-0.05, 0) is 42.2 Å². The van der Waals surface area contributed by atoms with Crippen molar-refractivity contribution in [3.8, 4) is 0 Å². The van der Waals surface area contributed by atoms with E-state index in [0.717, 1.165) is 27.8 Å². The Bertz CT molecular complexity index is 855. The number of thiazole rings is 1. The molecule has 0 saturated carbocycles. The van der Waals surface area contributed by atoms with Gasteiger partial charge in [0.15, 0.2) is 5.13 Å². The third-order valence-corrected chi connectivity index (χ3v) is 5.14. The summed E-state index contributed by atoms with van der Waals surface area (Å²) >= 11 is 7.58. The molecule has 5 heteroatoms. The second kappa shape index (κ2) is 6.69. The maximum atomic E-state index is 12.2. The van der Waals surface area contributed by atoms with Crippen LogP contribution in [0.15, 0.2) is 36.4 Å². The molecule has 0 unspecified atom stereocenters. The van der Waals surface area contributed by atoms with Crippen LogP contribution in [0.2, 0.25) is 5.02 Å². The van der Waals surface area contributed by atoms with E-state index in [0.29, 0.717) is 16.6 Å². The number of rotatable bonds is 4. The second-order valence-corrected chi connectivity index (χ2v) is 6.87. The highest BCUT2D eigenvalue weighted by Gasteiger charge is 2.11. The van der Waals surface area contributed by atoms with Gasteiger partial charge in [0.05, 0.1) is 16.6 Å². The van der Waals surface area contributed by atoms with Gasteiger partial charge < -0.3 is 5.32 Å². The zero-order valence-corrected chi connectivity index (χ0v) is 14.6. The van der Waals surface area contributed by atoms with Gasteiger partial charge in [-0.2, -0.15) is 0 Å². The molecule has 1 aromatic heterocycles. The fraction of sp³-hybridized carbons (Fsp3) is 0.222. The van der Waals surface area contributed by atoms with Crippen LogP contribution in [0.4, 0.5) is 5.13 Å². The van der Waals surface area contributed by atoms with Crippen LogP contribution in [0.3, 0.4) is 0 Å². The molecular formula is C18H17ClN2OS. The summed E-state index contributed by atoms with van der Waals surface area (Å²) in [5, 5.41) is 4.18. The molecule has 1 heterocycles. The minimum atomic E-state index is -0.0583. The number of aromatic nitrogens is 1. The third kappa shape index (κ3) is 3.54. The standard InChI is InChI=1S/C18H17ClN2OS/c1-3-12-4-6-13(7-5-12)10-16(22)20-18-21-17-11(2)14(19)8-9-15(17)23-18/h4-9H,3,10H2,1-2H3,(H,20,21,22). The predicted octanol–water partition coefficient (Wildman–Crippen LogP) is 5.00. The molecule has 0 aliphatic rings. The molecule has 0 aliphatic carbocycles. The van der Waals surface area contributed by atoms with E-state index in [2.05, 4.69) is 29.4 Å². The Hall–Kier alpha value is -1.91. The van der Waals surface area contributed by atoms with Crippen LogP contribution in [0.5, 0.6) is 0 Å². The summed E-state index contributed by atoms with van der Waals surface area (Å²) in [7, 11) is 0. The van der Waals surface area contributed by atoms with Crippen molar-refractivity contribution in [2.24, 2.45) is 0 Å². The Morgan fingerprint density at radius 1 is 1.17 bits per heavy atom.